The largest absolute Gasteiger partial charge is 0.491 e. The lowest BCUT2D eigenvalue weighted by Crippen LogP contribution is -2.39. The Bertz CT molecular complexity index is 839. The Morgan fingerprint density at radius 1 is 1.23 bits per heavy atom. The number of benzene rings is 1. The van der Waals surface area contributed by atoms with Crippen molar-refractivity contribution in [1.82, 2.24) is 5.32 Å². The highest BCUT2D eigenvalue weighted by molar-refractivity contribution is 7.16. The molecule has 1 amide bonds. The summed E-state index contributed by atoms with van der Waals surface area (Å²) < 4.78 is 11.6. The third-order valence-corrected chi connectivity index (χ3v) is 5.79. The Morgan fingerprint density at radius 2 is 1.96 bits per heavy atom. The van der Waals surface area contributed by atoms with Gasteiger partial charge in [0.15, 0.2) is 0 Å². The lowest BCUT2D eigenvalue weighted by atomic mass is 9.92. The molecule has 0 aliphatic carbocycles. The van der Waals surface area contributed by atoms with Crippen molar-refractivity contribution in [2.45, 2.75) is 58.6 Å². The SMILES string of the molecule is CC(C)Oc1ccc([C@@H]2NC(=O)c3c(sc4c3CC(C)(C)OC4)N2)cc1. The van der Waals surface area contributed by atoms with Gasteiger partial charge in [-0.15, -0.1) is 11.3 Å². The monoisotopic (exact) mass is 372 g/mol. The minimum Gasteiger partial charge on any atom is -0.491 e. The average molecular weight is 372 g/mol. The number of thiophene rings is 1. The lowest BCUT2D eigenvalue weighted by molar-refractivity contribution is -0.0383. The zero-order valence-electron chi connectivity index (χ0n) is 15.5. The molecule has 26 heavy (non-hydrogen) atoms. The second-order valence-electron chi connectivity index (χ2n) is 7.72. The highest BCUT2D eigenvalue weighted by Gasteiger charge is 2.36. The fourth-order valence-electron chi connectivity index (χ4n) is 3.44. The minimum atomic E-state index is -0.239. The Morgan fingerprint density at radius 3 is 2.65 bits per heavy atom. The molecule has 1 atom stereocenters. The van der Waals surface area contributed by atoms with Gasteiger partial charge in [0.2, 0.25) is 0 Å². The van der Waals surface area contributed by atoms with E-state index in [1.807, 2.05) is 38.1 Å². The third kappa shape index (κ3) is 3.19. The van der Waals surface area contributed by atoms with Crippen molar-refractivity contribution in [3.05, 3.63) is 45.8 Å². The number of carbonyl (C=O) groups is 1. The molecule has 2 aliphatic rings. The van der Waals surface area contributed by atoms with Crippen LogP contribution in [0.3, 0.4) is 0 Å². The number of hydrogen-bond acceptors (Lipinski definition) is 5. The van der Waals surface area contributed by atoms with Gasteiger partial charge in [-0.05, 0) is 51.0 Å². The quantitative estimate of drug-likeness (QED) is 0.846. The van der Waals surface area contributed by atoms with E-state index in [0.717, 1.165) is 38.7 Å². The van der Waals surface area contributed by atoms with E-state index in [2.05, 4.69) is 24.5 Å². The van der Waals surface area contributed by atoms with Gasteiger partial charge in [-0.3, -0.25) is 4.79 Å². The molecule has 0 radical (unpaired) electrons. The van der Waals surface area contributed by atoms with Crippen LogP contribution in [0.2, 0.25) is 0 Å². The van der Waals surface area contributed by atoms with Gasteiger partial charge in [-0.2, -0.15) is 0 Å². The number of rotatable bonds is 3. The first kappa shape index (κ1) is 17.4. The highest BCUT2D eigenvalue weighted by Crippen LogP contribution is 2.43. The molecule has 0 saturated heterocycles. The smallest absolute Gasteiger partial charge is 0.256 e. The molecule has 0 unspecified atom stereocenters. The summed E-state index contributed by atoms with van der Waals surface area (Å²) in [6, 6.07) is 7.85. The van der Waals surface area contributed by atoms with Crippen LogP contribution >= 0.6 is 11.3 Å². The zero-order chi connectivity index (χ0) is 18.5. The molecule has 0 fully saturated rings. The van der Waals surface area contributed by atoms with E-state index < -0.39 is 0 Å². The molecule has 1 aromatic carbocycles. The van der Waals surface area contributed by atoms with Crippen LogP contribution in [0.1, 0.15) is 60.2 Å². The summed E-state index contributed by atoms with van der Waals surface area (Å²) in [6.45, 7) is 8.71. The van der Waals surface area contributed by atoms with Crippen LogP contribution in [0.25, 0.3) is 0 Å². The Labute approximate surface area is 157 Å². The first-order valence-corrected chi connectivity index (χ1v) is 9.76. The number of fused-ring (bicyclic) bond motifs is 3. The molecule has 2 aliphatic heterocycles. The van der Waals surface area contributed by atoms with Crippen molar-refractivity contribution in [2.75, 3.05) is 5.32 Å². The van der Waals surface area contributed by atoms with E-state index in [1.165, 1.54) is 0 Å². The van der Waals surface area contributed by atoms with Gasteiger partial charge < -0.3 is 20.1 Å². The third-order valence-electron chi connectivity index (χ3n) is 4.65. The average Bonchev–Trinajstić information content (AvgIpc) is 2.92. The molecule has 6 heteroatoms. The van der Waals surface area contributed by atoms with E-state index in [4.69, 9.17) is 9.47 Å². The molecule has 0 spiro atoms. The van der Waals surface area contributed by atoms with E-state index in [0.29, 0.717) is 6.61 Å². The van der Waals surface area contributed by atoms with Crippen LogP contribution in [0.4, 0.5) is 5.00 Å². The topological polar surface area (TPSA) is 59.6 Å². The summed E-state index contributed by atoms with van der Waals surface area (Å²) in [6.07, 6.45) is 0.659. The molecule has 2 aromatic rings. The zero-order valence-corrected chi connectivity index (χ0v) is 16.3. The molecule has 1 aromatic heterocycles. The highest BCUT2D eigenvalue weighted by atomic mass is 32.1. The van der Waals surface area contributed by atoms with E-state index in [9.17, 15) is 4.79 Å². The van der Waals surface area contributed by atoms with E-state index in [1.54, 1.807) is 11.3 Å². The van der Waals surface area contributed by atoms with Gasteiger partial charge in [-0.25, -0.2) is 0 Å². The number of hydrogen-bond donors (Lipinski definition) is 2. The van der Waals surface area contributed by atoms with Gasteiger partial charge in [0.25, 0.3) is 5.91 Å². The number of amides is 1. The Hall–Kier alpha value is -2.05. The second-order valence-corrected chi connectivity index (χ2v) is 8.82. The molecular weight excluding hydrogens is 348 g/mol. The van der Waals surface area contributed by atoms with Crippen molar-refractivity contribution >= 4 is 22.2 Å². The molecule has 0 bridgehead atoms. The van der Waals surface area contributed by atoms with Crippen LogP contribution in [0, 0.1) is 0 Å². The maximum atomic E-state index is 12.8. The first-order valence-electron chi connectivity index (χ1n) is 8.95. The maximum Gasteiger partial charge on any atom is 0.256 e. The summed E-state index contributed by atoms with van der Waals surface area (Å²) in [5.74, 6) is 0.819. The predicted octanol–water partition coefficient (Wildman–Crippen LogP) is 4.24. The molecule has 0 saturated carbocycles. The molecule has 2 N–H and O–H groups in total. The minimum absolute atomic E-state index is 0.0125. The number of anilines is 1. The summed E-state index contributed by atoms with van der Waals surface area (Å²) in [7, 11) is 0. The van der Waals surface area contributed by atoms with Crippen LogP contribution in [0.15, 0.2) is 24.3 Å². The van der Waals surface area contributed by atoms with Crippen molar-refractivity contribution in [1.29, 1.82) is 0 Å². The van der Waals surface area contributed by atoms with Crippen LogP contribution in [0.5, 0.6) is 5.75 Å². The molecule has 3 heterocycles. The van der Waals surface area contributed by atoms with Crippen LogP contribution in [-0.4, -0.2) is 17.6 Å². The molecular formula is C20H24N2O3S. The Balaban J connectivity index is 1.59. The molecule has 5 nitrogen and oxygen atoms in total. The second kappa shape index (κ2) is 6.28. The predicted molar refractivity (Wildman–Crippen MR) is 103 cm³/mol. The standard InChI is InChI=1S/C20H24N2O3S/c1-11(2)25-13-7-5-12(6-8-13)17-21-18(23)16-14-9-20(3,4)24-10-15(14)26-19(16)22-17/h5-8,11,17,22H,9-10H2,1-4H3,(H,21,23)/t17-/m1/s1. The van der Waals surface area contributed by atoms with Gasteiger partial charge >= 0.3 is 0 Å². The van der Waals surface area contributed by atoms with Crippen molar-refractivity contribution in [3.8, 4) is 5.75 Å². The number of carbonyl (C=O) groups excluding carboxylic acids is 1. The summed E-state index contributed by atoms with van der Waals surface area (Å²) in [4.78, 5) is 14.0. The number of nitrogens with one attached hydrogen (secondary N) is 2. The maximum absolute atomic E-state index is 12.8. The first-order chi connectivity index (χ1) is 12.3. The van der Waals surface area contributed by atoms with Gasteiger partial charge in [0.05, 0.1) is 23.9 Å². The fourth-order valence-corrected chi connectivity index (χ4v) is 4.60. The van der Waals surface area contributed by atoms with Gasteiger partial charge in [0, 0.05) is 11.3 Å². The molecule has 4 rings (SSSR count). The van der Waals surface area contributed by atoms with Crippen molar-refractivity contribution in [2.24, 2.45) is 0 Å². The van der Waals surface area contributed by atoms with Crippen LogP contribution in [-0.2, 0) is 17.8 Å². The fraction of sp³-hybridized carbons (Fsp3) is 0.450. The summed E-state index contributed by atoms with van der Waals surface area (Å²) in [5, 5.41) is 7.50. The van der Waals surface area contributed by atoms with Gasteiger partial charge in [-0.1, -0.05) is 12.1 Å². The Kier molecular flexibility index (Phi) is 4.20. The molecule has 138 valence electrons. The van der Waals surface area contributed by atoms with Crippen molar-refractivity contribution < 1.29 is 14.3 Å². The normalized spacial score (nSPS) is 20.8. The number of ether oxygens (including phenoxy) is 2. The summed E-state index contributed by atoms with van der Waals surface area (Å²) >= 11 is 1.63. The van der Waals surface area contributed by atoms with E-state index in [-0.39, 0.29) is 23.8 Å². The van der Waals surface area contributed by atoms with Crippen LogP contribution < -0.4 is 15.4 Å². The van der Waals surface area contributed by atoms with Gasteiger partial charge in [0.1, 0.15) is 16.9 Å². The van der Waals surface area contributed by atoms with Crippen molar-refractivity contribution in [3.63, 3.8) is 0 Å². The summed E-state index contributed by atoms with van der Waals surface area (Å²) in [5.41, 5.74) is 2.69. The lowest BCUT2D eigenvalue weighted by Gasteiger charge is -2.31. The van der Waals surface area contributed by atoms with E-state index >= 15 is 0 Å².